The van der Waals surface area contributed by atoms with Gasteiger partial charge in [-0.05, 0) is 54.2 Å². The molecular weight excluding hydrogens is 599 g/mol. The molecule has 10 heteroatoms. The third-order valence-corrected chi connectivity index (χ3v) is 8.21. The molecule has 0 saturated heterocycles. The molecule has 3 aromatic carbocycles. The molecule has 2 N–H and O–H groups in total. The predicted molar refractivity (Wildman–Crippen MR) is 173 cm³/mol. The molecule has 4 amide bonds. The van der Waals surface area contributed by atoms with Crippen LogP contribution in [-0.2, 0) is 33.8 Å². The van der Waals surface area contributed by atoms with Crippen LogP contribution >= 0.6 is 23.2 Å². The molecule has 0 bridgehead atoms. The molecule has 44 heavy (non-hydrogen) atoms. The highest BCUT2D eigenvalue weighted by Crippen LogP contribution is 2.24. The number of amides is 4. The van der Waals surface area contributed by atoms with Gasteiger partial charge in [0.05, 0.1) is 23.1 Å². The lowest BCUT2D eigenvalue weighted by Crippen LogP contribution is -2.54. The van der Waals surface area contributed by atoms with Crippen LogP contribution in [0.2, 0.25) is 10.0 Å². The highest BCUT2D eigenvalue weighted by atomic mass is 35.5. The Balaban J connectivity index is 1.74. The first-order chi connectivity index (χ1) is 21.0. The minimum absolute atomic E-state index is 0.0974. The van der Waals surface area contributed by atoms with Crippen LogP contribution < -0.4 is 10.6 Å². The zero-order chi connectivity index (χ0) is 31.8. The van der Waals surface area contributed by atoms with Crippen molar-refractivity contribution in [1.29, 1.82) is 0 Å². The molecule has 0 radical (unpaired) electrons. The zero-order valence-electron chi connectivity index (χ0n) is 25.2. The number of fused-ring (bicyclic) bond motifs is 1. The van der Waals surface area contributed by atoms with E-state index < -0.39 is 17.9 Å². The van der Waals surface area contributed by atoms with Crippen molar-refractivity contribution in [2.45, 2.75) is 46.2 Å². The Hall–Kier alpha value is -3.88. The fourth-order valence-corrected chi connectivity index (χ4v) is 5.44. The molecular formula is C34H38Cl2N4O4. The van der Waals surface area contributed by atoms with Crippen molar-refractivity contribution in [1.82, 2.24) is 20.4 Å². The van der Waals surface area contributed by atoms with E-state index in [0.717, 1.165) is 11.1 Å². The Bertz CT molecular complexity index is 1510. The van der Waals surface area contributed by atoms with Gasteiger partial charge in [0, 0.05) is 31.6 Å². The lowest BCUT2D eigenvalue weighted by Gasteiger charge is -2.31. The van der Waals surface area contributed by atoms with E-state index in [9.17, 15) is 19.2 Å². The minimum Gasteiger partial charge on any atom is -0.350 e. The number of rotatable bonds is 7. The molecule has 0 spiro atoms. The molecule has 1 aliphatic rings. The van der Waals surface area contributed by atoms with Gasteiger partial charge in [0.25, 0.3) is 5.91 Å². The summed E-state index contributed by atoms with van der Waals surface area (Å²) in [7, 11) is 0. The van der Waals surface area contributed by atoms with Crippen molar-refractivity contribution >= 4 is 46.8 Å². The number of hydrogen-bond donors (Lipinski definition) is 2. The smallest absolute Gasteiger partial charge is 0.252 e. The number of carbonyl (C=O) groups is 4. The standard InChI is InChI=1S/C34H38Cl2N4O4/c1-22(2)19-40-20-31(41)37-18-26-6-4-5-7-27(26)33(43)38-30(17-25-12-13-28(35)29(36)16-25)34(44)39(21-32(40)42)15-14-24-10-8-23(3)9-11-24/h4-13,16,22,30H,14-15,17-21H2,1-3H3,(H,37,41)(H,38,43)/t30-/m0/s1. The number of nitrogens with zero attached hydrogens (tertiary/aromatic N) is 2. The summed E-state index contributed by atoms with van der Waals surface area (Å²) in [6.45, 7) is 6.23. The van der Waals surface area contributed by atoms with Gasteiger partial charge in [-0.25, -0.2) is 0 Å². The van der Waals surface area contributed by atoms with E-state index in [1.165, 1.54) is 9.80 Å². The van der Waals surface area contributed by atoms with Crippen LogP contribution in [0.4, 0.5) is 0 Å². The second-order valence-electron chi connectivity index (χ2n) is 11.6. The second-order valence-corrected chi connectivity index (χ2v) is 12.4. The Morgan fingerprint density at radius 2 is 1.57 bits per heavy atom. The van der Waals surface area contributed by atoms with Crippen LogP contribution in [0, 0.1) is 12.8 Å². The van der Waals surface area contributed by atoms with E-state index in [1.54, 1.807) is 42.5 Å². The van der Waals surface area contributed by atoms with Crippen molar-refractivity contribution in [2.75, 3.05) is 26.2 Å². The van der Waals surface area contributed by atoms with E-state index in [2.05, 4.69) is 10.6 Å². The van der Waals surface area contributed by atoms with E-state index in [1.807, 2.05) is 45.0 Å². The lowest BCUT2D eigenvalue weighted by molar-refractivity contribution is -0.143. The van der Waals surface area contributed by atoms with Gasteiger partial charge in [-0.3, -0.25) is 19.2 Å². The molecule has 0 fully saturated rings. The Morgan fingerprint density at radius 1 is 0.864 bits per heavy atom. The summed E-state index contributed by atoms with van der Waals surface area (Å²) in [4.78, 5) is 57.7. The third kappa shape index (κ3) is 9.07. The highest BCUT2D eigenvalue weighted by molar-refractivity contribution is 6.42. The monoisotopic (exact) mass is 636 g/mol. The van der Waals surface area contributed by atoms with Crippen molar-refractivity contribution in [3.63, 3.8) is 0 Å². The summed E-state index contributed by atoms with van der Waals surface area (Å²) >= 11 is 12.4. The third-order valence-electron chi connectivity index (χ3n) is 7.47. The van der Waals surface area contributed by atoms with E-state index in [4.69, 9.17) is 23.2 Å². The number of carbonyl (C=O) groups excluding carboxylic acids is 4. The van der Waals surface area contributed by atoms with Crippen LogP contribution in [0.1, 0.15) is 46.5 Å². The molecule has 0 unspecified atom stereocenters. The average Bonchev–Trinajstić information content (AvgIpc) is 2.99. The van der Waals surface area contributed by atoms with Crippen LogP contribution in [0.3, 0.4) is 0 Å². The van der Waals surface area contributed by atoms with Gasteiger partial charge in [0.1, 0.15) is 6.04 Å². The van der Waals surface area contributed by atoms with Crippen molar-refractivity contribution in [3.8, 4) is 0 Å². The number of aryl methyl sites for hydroxylation is 1. The first kappa shape index (κ1) is 33.0. The van der Waals surface area contributed by atoms with Crippen molar-refractivity contribution in [2.24, 2.45) is 5.92 Å². The molecule has 0 aromatic heterocycles. The summed E-state index contributed by atoms with van der Waals surface area (Å²) in [5.74, 6) is -1.46. The second kappa shape index (κ2) is 15.2. The number of halogens is 2. The van der Waals surface area contributed by atoms with E-state index >= 15 is 0 Å². The summed E-state index contributed by atoms with van der Waals surface area (Å²) in [5, 5.41) is 6.48. The minimum atomic E-state index is -1.00. The Labute approximate surface area is 268 Å². The summed E-state index contributed by atoms with van der Waals surface area (Å²) in [6, 6.07) is 19.0. The topological polar surface area (TPSA) is 98.8 Å². The maximum atomic E-state index is 14.3. The maximum Gasteiger partial charge on any atom is 0.252 e. The Morgan fingerprint density at radius 3 is 2.27 bits per heavy atom. The molecule has 4 rings (SSSR count). The Kier molecular flexibility index (Phi) is 11.4. The molecule has 0 aliphatic carbocycles. The fraction of sp³-hybridized carbons (Fsp3) is 0.353. The number of nitrogens with one attached hydrogen (secondary N) is 2. The summed E-state index contributed by atoms with van der Waals surface area (Å²) in [6.07, 6.45) is 0.630. The maximum absolute atomic E-state index is 14.3. The number of benzene rings is 3. The quantitative estimate of drug-likeness (QED) is 0.388. The van der Waals surface area contributed by atoms with Gasteiger partial charge in [0.15, 0.2) is 0 Å². The van der Waals surface area contributed by atoms with Gasteiger partial charge < -0.3 is 20.4 Å². The largest absolute Gasteiger partial charge is 0.350 e. The fourth-order valence-electron chi connectivity index (χ4n) is 5.12. The van der Waals surface area contributed by atoms with Gasteiger partial charge in [-0.1, -0.05) is 91.1 Å². The SMILES string of the molecule is Cc1ccc(CCN2CC(=O)N(CC(C)C)CC(=O)NCc3ccccc3C(=O)N[C@@H](Cc3ccc(Cl)c(Cl)c3)C2=O)cc1. The van der Waals surface area contributed by atoms with E-state index in [-0.39, 0.29) is 50.3 Å². The first-order valence-electron chi connectivity index (χ1n) is 14.7. The van der Waals surface area contributed by atoms with Gasteiger partial charge >= 0.3 is 0 Å². The first-order valence-corrected chi connectivity index (χ1v) is 15.5. The van der Waals surface area contributed by atoms with Crippen LogP contribution in [0.5, 0.6) is 0 Å². The predicted octanol–water partition coefficient (Wildman–Crippen LogP) is 4.83. The highest BCUT2D eigenvalue weighted by Gasteiger charge is 2.31. The van der Waals surface area contributed by atoms with Gasteiger partial charge in [0.2, 0.25) is 17.7 Å². The normalized spacial score (nSPS) is 16.8. The van der Waals surface area contributed by atoms with Crippen LogP contribution in [0.15, 0.2) is 66.7 Å². The summed E-state index contributed by atoms with van der Waals surface area (Å²) in [5.41, 5.74) is 3.76. The van der Waals surface area contributed by atoms with E-state index in [0.29, 0.717) is 39.7 Å². The molecule has 1 atom stereocenters. The van der Waals surface area contributed by atoms with Gasteiger partial charge in [-0.2, -0.15) is 0 Å². The molecule has 3 aromatic rings. The van der Waals surface area contributed by atoms with Crippen LogP contribution in [-0.4, -0.2) is 65.6 Å². The average molecular weight is 638 g/mol. The zero-order valence-corrected chi connectivity index (χ0v) is 26.8. The van der Waals surface area contributed by atoms with Crippen molar-refractivity contribution in [3.05, 3.63) is 105 Å². The van der Waals surface area contributed by atoms with Crippen molar-refractivity contribution < 1.29 is 19.2 Å². The molecule has 232 valence electrons. The molecule has 1 heterocycles. The lowest BCUT2D eigenvalue weighted by atomic mass is 10.0. The molecule has 8 nitrogen and oxygen atoms in total. The molecule has 0 saturated carbocycles. The number of hydrogen-bond acceptors (Lipinski definition) is 4. The van der Waals surface area contributed by atoms with Crippen LogP contribution in [0.25, 0.3) is 0 Å². The summed E-state index contributed by atoms with van der Waals surface area (Å²) < 4.78 is 0. The molecule has 1 aliphatic heterocycles. The van der Waals surface area contributed by atoms with Gasteiger partial charge in [-0.15, -0.1) is 0 Å².